The summed E-state index contributed by atoms with van der Waals surface area (Å²) in [5.41, 5.74) is 1.06. The van der Waals surface area contributed by atoms with Crippen LogP contribution in [0.1, 0.15) is 36.5 Å². The molecule has 0 spiro atoms. The van der Waals surface area contributed by atoms with Crippen molar-refractivity contribution in [3.8, 4) is 0 Å². The van der Waals surface area contributed by atoms with Gasteiger partial charge in [0, 0.05) is 18.1 Å². The highest BCUT2D eigenvalue weighted by molar-refractivity contribution is 7.92. The van der Waals surface area contributed by atoms with Crippen molar-refractivity contribution in [1.82, 2.24) is 4.90 Å². The standard InChI is InChI=1S/C22H26ClN3O4S/c1-3-20(26(31(2,29)30)17-10-8-9-16(23)15-17)21(27)24-19-12-5-4-11-18(19)22(28)25-13-6-7-14-25/h4-5,8-12,15,20H,3,6-7,13-14H2,1-2H3,(H,24,27). The van der Waals surface area contributed by atoms with Gasteiger partial charge in [-0.3, -0.25) is 13.9 Å². The van der Waals surface area contributed by atoms with Crippen molar-refractivity contribution in [2.45, 2.75) is 32.2 Å². The number of nitrogens with one attached hydrogen (secondary N) is 1. The maximum Gasteiger partial charge on any atom is 0.255 e. The second kappa shape index (κ2) is 9.70. The van der Waals surface area contributed by atoms with Crippen LogP contribution in [0.15, 0.2) is 48.5 Å². The van der Waals surface area contributed by atoms with Gasteiger partial charge in [0.25, 0.3) is 5.91 Å². The van der Waals surface area contributed by atoms with Gasteiger partial charge in [0.2, 0.25) is 15.9 Å². The molecule has 31 heavy (non-hydrogen) atoms. The summed E-state index contributed by atoms with van der Waals surface area (Å²) < 4.78 is 26.3. The summed E-state index contributed by atoms with van der Waals surface area (Å²) in [7, 11) is -3.78. The molecule has 0 radical (unpaired) electrons. The number of sulfonamides is 1. The fraction of sp³-hybridized carbons (Fsp3) is 0.364. The Morgan fingerprint density at radius 2 is 1.81 bits per heavy atom. The summed E-state index contributed by atoms with van der Waals surface area (Å²) in [6, 6.07) is 12.1. The maximum atomic E-state index is 13.2. The monoisotopic (exact) mass is 463 g/mol. The van der Waals surface area contributed by atoms with Crippen molar-refractivity contribution in [1.29, 1.82) is 0 Å². The SMILES string of the molecule is CCC(C(=O)Nc1ccccc1C(=O)N1CCCC1)N(c1cccc(Cl)c1)S(C)(=O)=O. The lowest BCUT2D eigenvalue weighted by molar-refractivity contribution is -0.117. The van der Waals surface area contributed by atoms with Crippen molar-refractivity contribution in [2.24, 2.45) is 0 Å². The number of likely N-dealkylation sites (tertiary alicyclic amines) is 1. The average molecular weight is 464 g/mol. The highest BCUT2D eigenvalue weighted by Crippen LogP contribution is 2.27. The Morgan fingerprint density at radius 1 is 1.13 bits per heavy atom. The molecule has 3 rings (SSSR count). The van der Waals surface area contributed by atoms with Crippen LogP contribution in [0.5, 0.6) is 0 Å². The minimum absolute atomic E-state index is 0.142. The third-order valence-electron chi connectivity index (χ3n) is 5.20. The summed E-state index contributed by atoms with van der Waals surface area (Å²) in [6.45, 7) is 3.11. The number of para-hydroxylation sites is 1. The number of carbonyl (C=O) groups is 2. The molecule has 0 aliphatic carbocycles. The molecule has 1 aliphatic rings. The van der Waals surface area contributed by atoms with Crippen LogP contribution in [0.25, 0.3) is 0 Å². The van der Waals surface area contributed by atoms with Crippen LogP contribution in [-0.2, 0) is 14.8 Å². The Bertz CT molecular complexity index is 1070. The summed E-state index contributed by atoms with van der Waals surface area (Å²) >= 11 is 6.05. The molecule has 1 saturated heterocycles. The number of hydrogen-bond donors (Lipinski definition) is 1. The highest BCUT2D eigenvalue weighted by Gasteiger charge is 2.32. The number of carbonyl (C=O) groups excluding carboxylic acids is 2. The number of rotatable bonds is 7. The minimum atomic E-state index is -3.78. The van der Waals surface area contributed by atoms with E-state index in [1.807, 2.05) is 0 Å². The van der Waals surface area contributed by atoms with Gasteiger partial charge in [0.1, 0.15) is 6.04 Å². The normalized spacial score (nSPS) is 14.9. The Labute approximate surface area is 188 Å². The van der Waals surface area contributed by atoms with Gasteiger partial charge >= 0.3 is 0 Å². The largest absolute Gasteiger partial charge is 0.339 e. The number of nitrogens with zero attached hydrogens (tertiary/aromatic N) is 2. The number of amides is 2. The fourth-order valence-electron chi connectivity index (χ4n) is 3.76. The van der Waals surface area contributed by atoms with Crippen LogP contribution in [0.4, 0.5) is 11.4 Å². The molecule has 0 bridgehead atoms. The average Bonchev–Trinajstić information content (AvgIpc) is 3.25. The topological polar surface area (TPSA) is 86.8 Å². The van der Waals surface area contributed by atoms with Crippen molar-refractivity contribution in [2.75, 3.05) is 29.0 Å². The Hall–Kier alpha value is -2.58. The Morgan fingerprint density at radius 3 is 2.42 bits per heavy atom. The van der Waals surface area contributed by atoms with E-state index in [2.05, 4.69) is 5.32 Å². The van der Waals surface area contributed by atoms with Gasteiger partial charge in [0.15, 0.2) is 0 Å². The molecule has 7 nitrogen and oxygen atoms in total. The molecule has 0 saturated carbocycles. The van der Waals surface area contributed by atoms with E-state index in [1.165, 1.54) is 6.07 Å². The van der Waals surface area contributed by atoms with Crippen LogP contribution in [0.3, 0.4) is 0 Å². The summed E-state index contributed by atoms with van der Waals surface area (Å²) in [5, 5.41) is 3.14. The molecular weight excluding hydrogens is 438 g/mol. The van der Waals surface area contributed by atoms with Crippen LogP contribution in [0.2, 0.25) is 5.02 Å². The highest BCUT2D eigenvalue weighted by atomic mass is 35.5. The Balaban J connectivity index is 1.91. The number of halogens is 1. The van der Waals surface area contributed by atoms with Gasteiger partial charge in [0.05, 0.1) is 23.2 Å². The van der Waals surface area contributed by atoms with E-state index in [4.69, 9.17) is 11.6 Å². The summed E-state index contributed by atoms with van der Waals surface area (Å²) in [4.78, 5) is 27.9. The van der Waals surface area contributed by atoms with E-state index >= 15 is 0 Å². The lowest BCUT2D eigenvalue weighted by Gasteiger charge is -2.30. The molecular formula is C22H26ClN3O4S. The second-order valence-electron chi connectivity index (χ2n) is 7.50. The van der Waals surface area contributed by atoms with Gasteiger partial charge in [-0.15, -0.1) is 0 Å². The molecule has 1 heterocycles. The van der Waals surface area contributed by atoms with E-state index in [-0.39, 0.29) is 12.3 Å². The minimum Gasteiger partial charge on any atom is -0.339 e. The maximum absolute atomic E-state index is 13.2. The Kier molecular flexibility index (Phi) is 7.23. The summed E-state index contributed by atoms with van der Waals surface area (Å²) in [5.74, 6) is -0.661. The molecule has 2 aromatic carbocycles. The molecule has 2 aromatic rings. The van der Waals surface area contributed by atoms with Crippen LogP contribution in [-0.4, -0.2) is 50.5 Å². The zero-order valence-corrected chi connectivity index (χ0v) is 19.1. The predicted molar refractivity (Wildman–Crippen MR) is 123 cm³/mol. The van der Waals surface area contributed by atoms with Gasteiger partial charge in [-0.05, 0) is 49.6 Å². The predicted octanol–water partition coefficient (Wildman–Crippen LogP) is 3.76. The molecule has 166 valence electrons. The van der Waals surface area contributed by atoms with E-state index < -0.39 is 22.0 Å². The number of anilines is 2. The van der Waals surface area contributed by atoms with Crippen molar-refractivity contribution < 1.29 is 18.0 Å². The van der Waals surface area contributed by atoms with E-state index in [0.29, 0.717) is 35.1 Å². The molecule has 9 heteroatoms. The first-order valence-corrected chi connectivity index (χ1v) is 12.4. The molecule has 2 amide bonds. The van der Waals surface area contributed by atoms with Crippen LogP contribution >= 0.6 is 11.6 Å². The van der Waals surface area contributed by atoms with Crippen molar-refractivity contribution in [3.63, 3.8) is 0 Å². The number of hydrogen-bond acceptors (Lipinski definition) is 4. The van der Waals surface area contributed by atoms with Crippen molar-refractivity contribution >= 4 is 44.8 Å². The van der Waals surface area contributed by atoms with E-state index in [9.17, 15) is 18.0 Å². The zero-order valence-electron chi connectivity index (χ0n) is 17.5. The first-order chi connectivity index (χ1) is 14.7. The van der Waals surface area contributed by atoms with Gasteiger partial charge in [-0.2, -0.15) is 0 Å². The molecule has 1 atom stereocenters. The first-order valence-electron chi connectivity index (χ1n) is 10.2. The lowest BCUT2D eigenvalue weighted by Crippen LogP contribution is -2.47. The van der Waals surface area contributed by atoms with Gasteiger partial charge in [-0.1, -0.05) is 36.7 Å². The molecule has 0 aromatic heterocycles. The third kappa shape index (κ3) is 5.37. The van der Waals surface area contributed by atoms with Crippen molar-refractivity contribution in [3.05, 3.63) is 59.1 Å². The zero-order chi connectivity index (χ0) is 22.6. The van der Waals surface area contributed by atoms with Crippen LogP contribution in [0, 0.1) is 0 Å². The molecule has 1 fully saturated rings. The lowest BCUT2D eigenvalue weighted by atomic mass is 10.1. The quantitative estimate of drug-likeness (QED) is 0.677. The van der Waals surface area contributed by atoms with Gasteiger partial charge < -0.3 is 10.2 Å². The first kappa shape index (κ1) is 23.1. The fourth-order valence-corrected chi connectivity index (χ4v) is 5.15. The summed E-state index contributed by atoms with van der Waals surface area (Å²) in [6.07, 6.45) is 3.20. The van der Waals surface area contributed by atoms with Gasteiger partial charge in [-0.25, -0.2) is 8.42 Å². The molecule has 1 unspecified atom stereocenters. The smallest absolute Gasteiger partial charge is 0.255 e. The van der Waals surface area contributed by atoms with E-state index in [1.54, 1.807) is 54.3 Å². The second-order valence-corrected chi connectivity index (χ2v) is 9.79. The van der Waals surface area contributed by atoms with E-state index in [0.717, 1.165) is 23.4 Å². The third-order valence-corrected chi connectivity index (χ3v) is 6.62. The number of benzene rings is 2. The van der Waals surface area contributed by atoms with Crippen LogP contribution < -0.4 is 9.62 Å². The molecule has 1 aliphatic heterocycles. The molecule has 1 N–H and O–H groups in total.